The van der Waals surface area contributed by atoms with Gasteiger partial charge in [0.05, 0.1) is 0 Å². The first-order valence-corrected chi connectivity index (χ1v) is 8.60. The minimum absolute atomic E-state index is 0.320. The molecule has 0 saturated carbocycles. The molecule has 2 N–H and O–H groups in total. The molecule has 3 unspecified atom stereocenters. The molecule has 1 saturated heterocycles. The normalized spacial score (nSPS) is 26.4. The number of nitrogens with zero attached hydrogens (tertiary/aromatic N) is 1. The van der Waals surface area contributed by atoms with Crippen LogP contribution in [0.4, 0.5) is 0 Å². The summed E-state index contributed by atoms with van der Waals surface area (Å²) in [7, 11) is 0. The minimum atomic E-state index is 0.320. The van der Waals surface area contributed by atoms with Crippen LogP contribution in [0.3, 0.4) is 0 Å². The van der Waals surface area contributed by atoms with Gasteiger partial charge in [-0.15, -0.1) is 0 Å². The van der Waals surface area contributed by atoms with Crippen molar-refractivity contribution in [2.45, 2.75) is 37.3 Å². The first-order chi connectivity index (χ1) is 9.01. The number of thioether (sulfide) groups is 1. The molecule has 1 aromatic rings. The van der Waals surface area contributed by atoms with E-state index in [-0.39, 0.29) is 0 Å². The lowest BCUT2D eigenvalue weighted by molar-refractivity contribution is 0.199. The van der Waals surface area contributed by atoms with Gasteiger partial charge in [-0.05, 0) is 24.1 Å². The van der Waals surface area contributed by atoms with Crippen molar-refractivity contribution >= 4 is 27.7 Å². The van der Waals surface area contributed by atoms with Crippen molar-refractivity contribution in [3.63, 3.8) is 0 Å². The van der Waals surface area contributed by atoms with Crippen molar-refractivity contribution in [1.82, 2.24) is 4.90 Å². The van der Waals surface area contributed by atoms with E-state index in [1.807, 2.05) is 0 Å². The number of nitrogens with two attached hydrogens (primary N) is 1. The molecule has 2 nitrogen and oxygen atoms in total. The Bertz CT molecular complexity index is 428. The Labute approximate surface area is 129 Å². The SMILES string of the molecule is Cc1ccc(C(CN)N2CC(C)SC(C)C2)c(Br)c1. The number of aryl methyl sites for hydroxylation is 1. The summed E-state index contributed by atoms with van der Waals surface area (Å²) < 4.78 is 1.18. The monoisotopic (exact) mass is 342 g/mol. The van der Waals surface area contributed by atoms with Gasteiger partial charge in [-0.2, -0.15) is 11.8 Å². The lowest BCUT2D eigenvalue weighted by Gasteiger charge is -2.40. The molecular weight excluding hydrogens is 320 g/mol. The highest BCUT2D eigenvalue weighted by Gasteiger charge is 2.28. The average Bonchev–Trinajstić information content (AvgIpc) is 2.31. The molecule has 0 aliphatic carbocycles. The molecule has 1 fully saturated rings. The van der Waals surface area contributed by atoms with E-state index in [4.69, 9.17) is 5.73 Å². The van der Waals surface area contributed by atoms with Crippen LogP contribution < -0.4 is 5.73 Å². The number of benzene rings is 1. The van der Waals surface area contributed by atoms with Crippen LogP contribution in [0.5, 0.6) is 0 Å². The largest absolute Gasteiger partial charge is 0.329 e. The van der Waals surface area contributed by atoms with E-state index in [1.165, 1.54) is 15.6 Å². The molecule has 1 aliphatic heterocycles. The molecule has 0 bridgehead atoms. The third kappa shape index (κ3) is 3.75. The second-order valence-electron chi connectivity index (χ2n) is 5.49. The van der Waals surface area contributed by atoms with Crippen LogP contribution in [0.25, 0.3) is 0 Å². The summed E-state index contributed by atoms with van der Waals surface area (Å²) in [6.45, 7) is 9.66. The number of hydrogen-bond donors (Lipinski definition) is 1. The molecule has 1 aromatic carbocycles. The van der Waals surface area contributed by atoms with Gasteiger partial charge in [0, 0.05) is 40.6 Å². The first-order valence-electron chi connectivity index (χ1n) is 6.87. The molecule has 0 amide bonds. The van der Waals surface area contributed by atoms with E-state index in [0.29, 0.717) is 23.1 Å². The lowest BCUT2D eigenvalue weighted by Crippen LogP contribution is -2.44. The number of halogens is 1. The third-order valence-corrected chi connectivity index (χ3v) is 5.54. The van der Waals surface area contributed by atoms with Crippen molar-refractivity contribution in [1.29, 1.82) is 0 Å². The third-order valence-electron chi connectivity index (χ3n) is 3.63. The maximum absolute atomic E-state index is 6.06. The predicted molar refractivity (Wildman–Crippen MR) is 88.8 cm³/mol. The summed E-state index contributed by atoms with van der Waals surface area (Å²) in [4.78, 5) is 2.54. The summed E-state index contributed by atoms with van der Waals surface area (Å²) >= 11 is 5.78. The summed E-state index contributed by atoms with van der Waals surface area (Å²) in [5, 5.41) is 1.36. The number of rotatable bonds is 3. The van der Waals surface area contributed by atoms with E-state index in [1.54, 1.807) is 0 Å². The van der Waals surface area contributed by atoms with Gasteiger partial charge in [0.15, 0.2) is 0 Å². The van der Waals surface area contributed by atoms with Gasteiger partial charge >= 0.3 is 0 Å². The van der Waals surface area contributed by atoms with Crippen LogP contribution in [0.15, 0.2) is 22.7 Å². The molecule has 0 radical (unpaired) electrons. The zero-order chi connectivity index (χ0) is 14.0. The Kier molecular flexibility index (Phi) is 5.35. The quantitative estimate of drug-likeness (QED) is 0.910. The minimum Gasteiger partial charge on any atom is -0.329 e. The summed E-state index contributed by atoms with van der Waals surface area (Å²) in [5.41, 5.74) is 8.66. The lowest BCUT2D eigenvalue weighted by atomic mass is 10.0. The highest BCUT2D eigenvalue weighted by atomic mass is 79.9. The maximum Gasteiger partial charge on any atom is 0.0482 e. The van der Waals surface area contributed by atoms with Crippen LogP contribution in [0, 0.1) is 6.92 Å². The predicted octanol–water partition coefficient (Wildman–Crippen LogP) is 3.58. The molecular formula is C15H23BrN2S. The molecule has 4 heteroatoms. The van der Waals surface area contributed by atoms with E-state index < -0.39 is 0 Å². The zero-order valence-corrected chi connectivity index (χ0v) is 14.3. The van der Waals surface area contributed by atoms with Crippen molar-refractivity contribution in [3.8, 4) is 0 Å². The van der Waals surface area contributed by atoms with Crippen LogP contribution in [-0.4, -0.2) is 35.0 Å². The Morgan fingerprint density at radius 3 is 2.53 bits per heavy atom. The highest BCUT2D eigenvalue weighted by Crippen LogP contribution is 2.33. The van der Waals surface area contributed by atoms with E-state index in [9.17, 15) is 0 Å². The molecule has 19 heavy (non-hydrogen) atoms. The Morgan fingerprint density at radius 2 is 2.00 bits per heavy atom. The summed E-state index contributed by atoms with van der Waals surface area (Å²) in [6.07, 6.45) is 0. The van der Waals surface area contributed by atoms with Gasteiger partial charge in [-0.1, -0.05) is 41.9 Å². The Morgan fingerprint density at radius 1 is 1.37 bits per heavy atom. The van der Waals surface area contributed by atoms with Gasteiger partial charge < -0.3 is 5.73 Å². The second-order valence-corrected chi connectivity index (χ2v) is 8.22. The van der Waals surface area contributed by atoms with E-state index in [2.05, 4.69) is 71.6 Å². The van der Waals surface area contributed by atoms with Crippen molar-refractivity contribution in [2.75, 3.05) is 19.6 Å². The molecule has 0 spiro atoms. The first kappa shape index (κ1) is 15.4. The average molecular weight is 343 g/mol. The van der Waals surface area contributed by atoms with Gasteiger partial charge in [0.1, 0.15) is 0 Å². The maximum atomic E-state index is 6.06. The fourth-order valence-electron chi connectivity index (χ4n) is 2.85. The fraction of sp³-hybridized carbons (Fsp3) is 0.600. The smallest absolute Gasteiger partial charge is 0.0482 e. The van der Waals surface area contributed by atoms with E-state index >= 15 is 0 Å². The van der Waals surface area contributed by atoms with Crippen molar-refractivity contribution < 1.29 is 0 Å². The van der Waals surface area contributed by atoms with Crippen molar-refractivity contribution in [2.24, 2.45) is 5.73 Å². The van der Waals surface area contributed by atoms with Crippen LogP contribution in [-0.2, 0) is 0 Å². The topological polar surface area (TPSA) is 29.3 Å². The van der Waals surface area contributed by atoms with Crippen LogP contribution >= 0.6 is 27.7 Å². The van der Waals surface area contributed by atoms with Crippen LogP contribution in [0.2, 0.25) is 0 Å². The Balaban J connectivity index is 2.23. The zero-order valence-electron chi connectivity index (χ0n) is 11.9. The molecule has 1 heterocycles. The standard InChI is InChI=1S/C15H23BrN2S/c1-10-4-5-13(14(16)6-10)15(7-17)18-8-11(2)19-12(3)9-18/h4-6,11-12,15H,7-9,17H2,1-3H3. The van der Waals surface area contributed by atoms with Gasteiger partial charge in [-0.25, -0.2) is 0 Å². The van der Waals surface area contributed by atoms with E-state index in [0.717, 1.165) is 13.1 Å². The van der Waals surface area contributed by atoms with Crippen molar-refractivity contribution in [3.05, 3.63) is 33.8 Å². The van der Waals surface area contributed by atoms with Crippen LogP contribution in [0.1, 0.15) is 31.0 Å². The summed E-state index contributed by atoms with van der Waals surface area (Å²) in [5.74, 6) is 0. The molecule has 0 aromatic heterocycles. The summed E-state index contributed by atoms with van der Waals surface area (Å²) in [6, 6.07) is 6.90. The second kappa shape index (κ2) is 6.61. The van der Waals surface area contributed by atoms with Gasteiger partial charge in [0.2, 0.25) is 0 Å². The van der Waals surface area contributed by atoms with Gasteiger partial charge in [0.25, 0.3) is 0 Å². The molecule has 106 valence electrons. The molecule has 2 rings (SSSR count). The molecule has 1 aliphatic rings. The highest BCUT2D eigenvalue weighted by molar-refractivity contribution is 9.10. The number of hydrogen-bond acceptors (Lipinski definition) is 3. The Hall–Kier alpha value is -0.0300. The fourth-order valence-corrected chi connectivity index (χ4v) is 4.95. The molecule has 3 atom stereocenters. The van der Waals surface area contributed by atoms with Gasteiger partial charge in [-0.3, -0.25) is 4.90 Å².